The summed E-state index contributed by atoms with van der Waals surface area (Å²) in [5.74, 6) is 0.101. The molecule has 3 aromatic rings. The minimum atomic E-state index is -0.333. The first-order valence-electron chi connectivity index (χ1n) is 11.7. The summed E-state index contributed by atoms with van der Waals surface area (Å²) in [5.41, 5.74) is 5.83. The highest BCUT2D eigenvalue weighted by Crippen LogP contribution is 2.43. The molecule has 0 unspecified atom stereocenters. The first-order valence-corrected chi connectivity index (χ1v) is 11.7. The van der Waals surface area contributed by atoms with Gasteiger partial charge in [-0.3, -0.25) is 4.79 Å². The molecule has 6 nitrogen and oxygen atoms in total. The molecule has 1 amide bonds. The number of esters is 1. The number of amides is 1. The summed E-state index contributed by atoms with van der Waals surface area (Å²) in [4.78, 5) is 27.4. The predicted octanol–water partition coefficient (Wildman–Crippen LogP) is 5.14. The van der Waals surface area contributed by atoms with Crippen LogP contribution in [0.1, 0.15) is 70.1 Å². The predicted molar refractivity (Wildman–Crippen MR) is 127 cm³/mol. The number of methoxy groups -OCH3 is 1. The van der Waals surface area contributed by atoms with Crippen molar-refractivity contribution in [2.45, 2.75) is 44.9 Å². The summed E-state index contributed by atoms with van der Waals surface area (Å²) in [6, 6.07) is 16.0. The van der Waals surface area contributed by atoms with E-state index in [9.17, 15) is 9.59 Å². The topological polar surface area (TPSA) is 64.4 Å². The number of benzene rings is 2. The summed E-state index contributed by atoms with van der Waals surface area (Å²) in [5, 5.41) is 4.71. The summed E-state index contributed by atoms with van der Waals surface area (Å²) >= 11 is 0. The van der Waals surface area contributed by atoms with E-state index in [-0.39, 0.29) is 11.9 Å². The molecule has 1 aliphatic heterocycles. The SMILES string of the molecule is COC(=O)c1c(C)nn(-c2cccc(-c3cccc(C(=O)N4CCCCC4)c3)c2)c1C1CC1. The fraction of sp³-hybridized carbons (Fsp3) is 0.370. The zero-order valence-electron chi connectivity index (χ0n) is 19.2. The van der Waals surface area contributed by atoms with Crippen LogP contribution in [0.15, 0.2) is 48.5 Å². The lowest BCUT2D eigenvalue weighted by Crippen LogP contribution is -2.35. The second kappa shape index (κ2) is 8.85. The number of aryl methyl sites for hydroxylation is 1. The highest BCUT2D eigenvalue weighted by molar-refractivity contribution is 5.95. The quantitative estimate of drug-likeness (QED) is 0.512. The van der Waals surface area contributed by atoms with Crippen LogP contribution < -0.4 is 0 Å². The molecule has 1 saturated carbocycles. The Labute approximate surface area is 194 Å². The number of likely N-dealkylation sites (tertiary alicyclic amines) is 1. The molecular formula is C27H29N3O3. The first-order chi connectivity index (χ1) is 16.1. The van der Waals surface area contributed by atoms with Gasteiger partial charge in [-0.25, -0.2) is 9.48 Å². The average molecular weight is 444 g/mol. The number of rotatable bonds is 5. The summed E-state index contributed by atoms with van der Waals surface area (Å²) in [6.45, 7) is 3.53. The molecule has 0 radical (unpaired) electrons. The summed E-state index contributed by atoms with van der Waals surface area (Å²) < 4.78 is 6.93. The van der Waals surface area contributed by atoms with Gasteiger partial charge in [0, 0.05) is 24.6 Å². The van der Waals surface area contributed by atoms with E-state index in [1.54, 1.807) is 0 Å². The van der Waals surface area contributed by atoms with Crippen LogP contribution in [0.4, 0.5) is 0 Å². The molecule has 33 heavy (non-hydrogen) atoms. The van der Waals surface area contributed by atoms with Crippen molar-refractivity contribution in [3.63, 3.8) is 0 Å². The standard InChI is InChI=1S/C27H29N3O3/c1-18-24(27(32)33-2)25(19-12-13-19)30(28-18)23-11-7-9-21(17-23)20-8-6-10-22(16-20)26(31)29-14-4-3-5-15-29/h6-11,16-17,19H,3-5,12-15H2,1-2H3. The van der Waals surface area contributed by atoms with Crippen LogP contribution in [0.2, 0.25) is 0 Å². The van der Waals surface area contributed by atoms with Gasteiger partial charge in [0.15, 0.2) is 0 Å². The molecule has 1 saturated heterocycles. The van der Waals surface area contributed by atoms with E-state index < -0.39 is 0 Å². The van der Waals surface area contributed by atoms with Crippen molar-refractivity contribution in [3.8, 4) is 16.8 Å². The average Bonchev–Trinajstić information content (AvgIpc) is 3.65. The minimum Gasteiger partial charge on any atom is -0.465 e. The van der Waals surface area contributed by atoms with Gasteiger partial charge in [0.05, 0.1) is 24.2 Å². The highest BCUT2D eigenvalue weighted by atomic mass is 16.5. The first kappa shape index (κ1) is 21.4. The van der Waals surface area contributed by atoms with E-state index in [0.29, 0.717) is 17.2 Å². The van der Waals surface area contributed by atoms with Crippen LogP contribution in [0.5, 0.6) is 0 Å². The molecule has 0 spiro atoms. The van der Waals surface area contributed by atoms with Gasteiger partial charge in [-0.05, 0) is 74.4 Å². The Morgan fingerprint density at radius 1 is 0.970 bits per heavy atom. The van der Waals surface area contributed by atoms with Gasteiger partial charge in [0.2, 0.25) is 0 Å². The Bertz CT molecular complexity index is 1200. The zero-order valence-corrected chi connectivity index (χ0v) is 19.2. The van der Waals surface area contributed by atoms with Crippen LogP contribution in [0, 0.1) is 6.92 Å². The molecule has 170 valence electrons. The van der Waals surface area contributed by atoms with Crippen LogP contribution in [0.25, 0.3) is 16.8 Å². The van der Waals surface area contributed by atoms with Gasteiger partial charge in [-0.1, -0.05) is 24.3 Å². The van der Waals surface area contributed by atoms with Gasteiger partial charge in [-0.2, -0.15) is 5.10 Å². The van der Waals surface area contributed by atoms with Gasteiger partial charge in [0.1, 0.15) is 5.56 Å². The van der Waals surface area contributed by atoms with Gasteiger partial charge in [0.25, 0.3) is 5.91 Å². The third-order valence-corrected chi connectivity index (χ3v) is 6.63. The molecule has 2 fully saturated rings. The van der Waals surface area contributed by atoms with Crippen molar-refractivity contribution in [2.24, 2.45) is 0 Å². The third-order valence-electron chi connectivity index (χ3n) is 6.63. The van der Waals surface area contributed by atoms with Crippen molar-refractivity contribution in [1.29, 1.82) is 0 Å². The number of piperidine rings is 1. The van der Waals surface area contributed by atoms with Gasteiger partial charge < -0.3 is 9.64 Å². The molecule has 6 heteroatoms. The van der Waals surface area contributed by atoms with E-state index in [1.165, 1.54) is 13.5 Å². The number of aromatic nitrogens is 2. The van der Waals surface area contributed by atoms with E-state index in [0.717, 1.165) is 66.8 Å². The minimum absolute atomic E-state index is 0.106. The number of hydrogen-bond donors (Lipinski definition) is 0. The zero-order chi connectivity index (χ0) is 22.9. The van der Waals surface area contributed by atoms with Crippen LogP contribution in [-0.4, -0.2) is 46.8 Å². The van der Waals surface area contributed by atoms with Crippen molar-refractivity contribution >= 4 is 11.9 Å². The lowest BCUT2D eigenvalue weighted by atomic mass is 10.0. The van der Waals surface area contributed by atoms with Crippen molar-refractivity contribution in [1.82, 2.24) is 14.7 Å². The van der Waals surface area contributed by atoms with Crippen molar-refractivity contribution < 1.29 is 14.3 Å². The molecule has 0 bridgehead atoms. The number of ether oxygens (including phenoxy) is 1. The molecule has 0 atom stereocenters. The highest BCUT2D eigenvalue weighted by Gasteiger charge is 2.35. The van der Waals surface area contributed by atoms with E-state index in [2.05, 4.69) is 6.07 Å². The summed E-state index contributed by atoms with van der Waals surface area (Å²) in [7, 11) is 1.41. The molecule has 5 rings (SSSR count). The number of nitrogens with zero attached hydrogens (tertiary/aromatic N) is 3. The molecular weight excluding hydrogens is 414 g/mol. The Morgan fingerprint density at radius 2 is 1.67 bits per heavy atom. The number of carbonyl (C=O) groups is 2. The fourth-order valence-corrected chi connectivity index (χ4v) is 4.76. The monoisotopic (exact) mass is 443 g/mol. The van der Waals surface area contributed by atoms with E-state index in [1.807, 2.05) is 59.0 Å². The number of hydrogen-bond acceptors (Lipinski definition) is 4. The van der Waals surface area contributed by atoms with E-state index in [4.69, 9.17) is 9.84 Å². The van der Waals surface area contributed by atoms with Crippen LogP contribution in [0.3, 0.4) is 0 Å². The third kappa shape index (κ3) is 4.17. The van der Waals surface area contributed by atoms with E-state index >= 15 is 0 Å². The maximum Gasteiger partial charge on any atom is 0.341 e. The molecule has 0 N–H and O–H groups in total. The Morgan fingerprint density at radius 3 is 2.36 bits per heavy atom. The fourth-order valence-electron chi connectivity index (χ4n) is 4.76. The Hall–Kier alpha value is -3.41. The second-order valence-corrected chi connectivity index (χ2v) is 9.01. The van der Waals surface area contributed by atoms with Crippen LogP contribution >= 0.6 is 0 Å². The Balaban J connectivity index is 1.50. The van der Waals surface area contributed by atoms with Crippen LogP contribution in [-0.2, 0) is 4.74 Å². The van der Waals surface area contributed by atoms with Gasteiger partial charge in [-0.15, -0.1) is 0 Å². The molecule has 2 aromatic carbocycles. The maximum atomic E-state index is 13.0. The normalized spacial score (nSPS) is 16.0. The molecule has 1 aliphatic carbocycles. The smallest absolute Gasteiger partial charge is 0.341 e. The molecule has 2 aliphatic rings. The molecule has 1 aromatic heterocycles. The number of carbonyl (C=O) groups excluding carboxylic acids is 2. The summed E-state index contributed by atoms with van der Waals surface area (Å²) in [6.07, 6.45) is 5.45. The maximum absolute atomic E-state index is 13.0. The molecule has 2 heterocycles. The largest absolute Gasteiger partial charge is 0.465 e. The lowest BCUT2D eigenvalue weighted by Gasteiger charge is -2.26. The Kier molecular flexibility index (Phi) is 5.75. The van der Waals surface area contributed by atoms with Gasteiger partial charge >= 0.3 is 5.97 Å². The van der Waals surface area contributed by atoms with Crippen molar-refractivity contribution in [2.75, 3.05) is 20.2 Å². The second-order valence-electron chi connectivity index (χ2n) is 9.01. The van der Waals surface area contributed by atoms with Crippen molar-refractivity contribution in [3.05, 3.63) is 71.0 Å². The lowest BCUT2D eigenvalue weighted by molar-refractivity contribution is 0.0598.